The molecule has 0 radical (unpaired) electrons. The molecule has 2 N–H and O–H groups in total. The summed E-state index contributed by atoms with van der Waals surface area (Å²) in [6, 6.07) is 0. The lowest BCUT2D eigenvalue weighted by atomic mass is 9.77. The summed E-state index contributed by atoms with van der Waals surface area (Å²) in [6.45, 7) is 2.32. The van der Waals surface area contributed by atoms with Crippen molar-refractivity contribution in [1.82, 2.24) is 5.32 Å². The molecule has 64 valence electrons. The van der Waals surface area contributed by atoms with Gasteiger partial charge in [-0.25, -0.2) is 0 Å². The largest absolute Gasteiger partial charge is 0.393 e. The Labute approximate surface area is 68.0 Å². The van der Waals surface area contributed by atoms with Crippen LogP contribution in [0.25, 0.3) is 0 Å². The average Bonchev–Trinajstić information content (AvgIpc) is 2.34. The molecule has 2 rings (SSSR count). The average molecular weight is 155 g/mol. The number of hydrogen-bond acceptors (Lipinski definition) is 2. The number of piperidine rings is 1. The Morgan fingerprint density at radius 3 is 2.45 bits per heavy atom. The first kappa shape index (κ1) is 7.56. The Balaban J connectivity index is 1.98. The first-order valence-electron chi connectivity index (χ1n) is 4.70. The quantitative estimate of drug-likeness (QED) is 0.545. The van der Waals surface area contributed by atoms with Crippen LogP contribution >= 0.6 is 0 Å². The van der Waals surface area contributed by atoms with E-state index >= 15 is 0 Å². The maximum absolute atomic E-state index is 9.43. The van der Waals surface area contributed by atoms with Crippen LogP contribution in [0.5, 0.6) is 0 Å². The molecule has 1 aliphatic heterocycles. The third kappa shape index (κ3) is 1.42. The minimum atomic E-state index is 0.00750. The summed E-state index contributed by atoms with van der Waals surface area (Å²) in [4.78, 5) is 0. The zero-order valence-electron chi connectivity index (χ0n) is 6.97. The van der Waals surface area contributed by atoms with Crippen LogP contribution in [0.3, 0.4) is 0 Å². The highest BCUT2D eigenvalue weighted by Crippen LogP contribution is 2.44. The van der Waals surface area contributed by atoms with Crippen LogP contribution in [0.2, 0.25) is 0 Å². The molecule has 0 aromatic heterocycles. The second-order valence-electron chi connectivity index (χ2n) is 4.15. The predicted molar refractivity (Wildman–Crippen MR) is 44.4 cm³/mol. The molecular weight excluding hydrogens is 138 g/mol. The van der Waals surface area contributed by atoms with Crippen molar-refractivity contribution in [2.24, 2.45) is 5.41 Å². The molecule has 1 saturated carbocycles. The van der Waals surface area contributed by atoms with E-state index in [0.717, 1.165) is 25.9 Å². The van der Waals surface area contributed by atoms with Gasteiger partial charge >= 0.3 is 0 Å². The number of hydrogen-bond donors (Lipinski definition) is 2. The minimum Gasteiger partial charge on any atom is -0.393 e. The van der Waals surface area contributed by atoms with Gasteiger partial charge in [0.25, 0.3) is 0 Å². The maximum Gasteiger partial charge on any atom is 0.0545 e. The van der Waals surface area contributed by atoms with Crippen molar-refractivity contribution in [3.63, 3.8) is 0 Å². The molecule has 1 heterocycles. The first-order chi connectivity index (χ1) is 5.31. The molecule has 0 aromatic carbocycles. The van der Waals surface area contributed by atoms with E-state index in [1.807, 2.05) is 0 Å². The molecule has 11 heavy (non-hydrogen) atoms. The van der Waals surface area contributed by atoms with E-state index < -0.39 is 0 Å². The molecule has 1 saturated heterocycles. The van der Waals surface area contributed by atoms with Gasteiger partial charge in [0.05, 0.1) is 6.10 Å². The molecule has 2 nitrogen and oxygen atoms in total. The van der Waals surface area contributed by atoms with Crippen molar-refractivity contribution >= 4 is 0 Å². The molecule has 0 bridgehead atoms. The van der Waals surface area contributed by atoms with Gasteiger partial charge in [0, 0.05) is 0 Å². The first-order valence-corrected chi connectivity index (χ1v) is 4.70. The zero-order valence-corrected chi connectivity index (χ0v) is 6.97. The Hall–Kier alpha value is -0.0800. The molecular formula is C9H17NO. The molecule has 2 heteroatoms. The minimum absolute atomic E-state index is 0.00750. The van der Waals surface area contributed by atoms with Crippen LogP contribution in [-0.2, 0) is 0 Å². The van der Waals surface area contributed by atoms with Gasteiger partial charge in [0.15, 0.2) is 0 Å². The summed E-state index contributed by atoms with van der Waals surface area (Å²) in [5.74, 6) is 0. The fourth-order valence-electron chi connectivity index (χ4n) is 2.59. The molecule has 0 amide bonds. The number of nitrogens with one attached hydrogen (secondary N) is 1. The SMILES string of the molecule is O[C@@H]1CCC2(CCNCC2)C1. The van der Waals surface area contributed by atoms with E-state index in [1.165, 1.54) is 19.3 Å². The van der Waals surface area contributed by atoms with E-state index in [1.54, 1.807) is 0 Å². The Morgan fingerprint density at radius 1 is 1.18 bits per heavy atom. The summed E-state index contributed by atoms with van der Waals surface area (Å²) >= 11 is 0. The Kier molecular flexibility index (Phi) is 1.90. The summed E-state index contributed by atoms with van der Waals surface area (Å²) < 4.78 is 0. The lowest BCUT2D eigenvalue weighted by molar-refractivity contribution is 0.140. The smallest absolute Gasteiger partial charge is 0.0545 e. The molecule has 1 spiro atoms. The fraction of sp³-hybridized carbons (Fsp3) is 1.00. The third-order valence-corrected chi connectivity index (χ3v) is 3.34. The maximum atomic E-state index is 9.43. The van der Waals surface area contributed by atoms with Crippen molar-refractivity contribution in [3.05, 3.63) is 0 Å². The Morgan fingerprint density at radius 2 is 1.91 bits per heavy atom. The van der Waals surface area contributed by atoms with Gasteiger partial charge in [-0.2, -0.15) is 0 Å². The van der Waals surface area contributed by atoms with Crippen LogP contribution in [-0.4, -0.2) is 24.3 Å². The normalized spacial score (nSPS) is 36.3. The topological polar surface area (TPSA) is 32.3 Å². The van der Waals surface area contributed by atoms with Crippen LogP contribution in [0, 0.1) is 5.41 Å². The van der Waals surface area contributed by atoms with Crippen molar-refractivity contribution in [2.45, 2.75) is 38.2 Å². The van der Waals surface area contributed by atoms with Crippen LogP contribution < -0.4 is 5.32 Å². The lowest BCUT2D eigenvalue weighted by Crippen LogP contribution is -2.35. The standard InChI is InChI=1S/C9H17NO/c11-8-1-2-9(7-8)3-5-10-6-4-9/h8,10-11H,1-7H2/t8-/m1/s1. The molecule has 0 aromatic rings. The third-order valence-electron chi connectivity index (χ3n) is 3.34. The van der Waals surface area contributed by atoms with Gasteiger partial charge in [0.2, 0.25) is 0 Å². The molecule has 1 aliphatic carbocycles. The van der Waals surface area contributed by atoms with E-state index in [-0.39, 0.29) is 6.10 Å². The van der Waals surface area contributed by atoms with Crippen molar-refractivity contribution in [1.29, 1.82) is 0 Å². The van der Waals surface area contributed by atoms with Gasteiger partial charge in [-0.1, -0.05) is 0 Å². The zero-order chi connectivity index (χ0) is 7.73. The van der Waals surface area contributed by atoms with Crippen molar-refractivity contribution in [3.8, 4) is 0 Å². The molecule has 2 fully saturated rings. The van der Waals surface area contributed by atoms with Crippen LogP contribution in [0.1, 0.15) is 32.1 Å². The summed E-state index contributed by atoms with van der Waals surface area (Å²) in [7, 11) is 0. The van der Waals surface area contributed by atoms with Crippen molar-refractivity contribution in [2.75, 3.05) is 13.1 Å². The summed E-state index contributed by atoms with van der Waals surface area (Å²) in [5, 5.41) is 12.8. The van der Waals surface area contributed by atoms with E-state index in [0.29, 0.717) is 5.41 Å². The van der Waals surface area contributed by atoms with Gasteiger partial charge in [0.1, 0.15) is 0 Å². The molecule has 2 aliphatic rings. The highest BCUT2D eigenvalue weighted by Gasteiger charge is 2.38. The summed E-state index contributed by atoms with van der Waals surface area (Å²) in [6.07, 6.45) is 5.94. The molecule has 0 unspecified atom stereocenters. The second-order valence-corrected chi connectivity index (χ2v) is 4.15. The van der Waals surface area contributed by atoms with E-state index in [2.05, 4.69) is 5.32 Å². The van der Waals surface area contributed by atoms with E-state index in [9.17, 15) is 5.11 Å². The van der Waals surface area contributed by atoms with Gasteiger partial charge in [-0.3, -0.25) is 0 Å². The predicted octanol–water partition coefficient (Wildman–Crippen LogP) is 0.901. The van der Waals surface area contributed by atoms with Gasteiger partial charge in [-0.05, 0) is 50.6 Å². The van der Waals surface area contributed by atoms with Gasteiger partial charge in [-0.15, -0.1) is 0 Å². The van der Waals surface area contributed by atoms with E-state index in [4.69, 9.17) is 0 Å². The van der Waals surface area contributed by atoms with Crippen LogP contribution in [0.4, 0.5) is 0 Å². The molecule has 1 atom stereocenters. The highest BCUT2D eigenvalue weighted by molar-refractivity contribution is 4.92. The number of rotatable bonds is 0. The van der Waals surface area contributed by atoms with Crippen molar-refractivity contribution < 1.29 is 5.11 Å². The highest BCUT2D eigenvalue weighted by atomic mass is 16.3. The monoisotopic (exact) mass is 155 g/mol. The van der Waals surface area contributed by atoms with Crippen LogP contribution in [0.15, 0.2) is 0 Å². The lowest BCUT2D eigenvalue weighted by Gasteiger charge is -2.33. The Bertz CT molecular complexity index is 135. The second kappa shape index (κ2) is 2.76. The van der Waals surface area contributed by atoms with Gasteiger partial charge < -0.3 is 10.4 Å². The summed E-state index contributed by atoms with van der Waals surface area (Å²) in [5.41, 5.74) is 0.532. The number of aliphatic hydroxyl groups is 1. The number of aliphatic hydroxyl groups excluding tert-OH is 1. The fourth-order valence-corrected chi connectivity index (χ4v) is 2.59.